The van der Waals surface area contributed by atoms with Crippen LogP contribution < -0.4 is 16.2 Å². The Kier molecular flexibility index (Phi) is 6.86. The third kappa shape index (κ3) is 4.14. The minimum atomic E-state index is 0.397. The highest BCUT2D eigenvalue weighted by Gasteiger charge is 2.22. The number of hydrogen-bond acceptors (Lipinski definition) is 4. The lowest BCUT2D eigenvalue weighted by atomic mass is 10.1. The molecular formula is C14H24Cl2N4. The number of rotatable bonds is 7. The van der Waals surface area contributed by atoms with Gasteiger partial charge < -0.3 is 10.3 Å². The molecule has 0 aliphatic heterocycles. The molecule has 0 unspecified atom stereocenters. The summed E-state index contributed by atoms with van der Waals surface area (Å²) in [5, 5.41) is 0.983. The summed E-state index contributed by atoms with van der Waals surface area (Å²) in [6.45, 7) is 9.61. The van der Waals surface area contributed by atoms with Crippen molar-refractivity contribution in [2.45, 2.75) is 46.6 Å². The standard InChI is InChI=1S/C14H24Cl2N4/c1-5-10(6-2)20(8-9(3)4)14-12(16)7-11(15)13(18-14)19-17/h7,9-10H,5-6,8,17H2,1-4H3,(H,18,19). The zero-order valence-corrected chi connectivity index (χ0v) is 14.1. The van der Waals surface area contributed by atoms with Crippen molar-refractivity contribution in [3.63, 3.8) is 0 Å². The van der Waals surface area contributed by atoms with Crippen LogP contribution in [-0.4, -0.2) is 17.6 Å². The van der Waals surface area contributed by atoms with E-state index in [0.717, 1.165) is 25.2 Å². The van der Waals surface area contributed by atoms with Gasteiger partial charge in [-0.1, -0.05) is 50.9 Å². The van der Waals surface area contributed by atoms with Crippen molar-refractivity contribution >= 4 is 34.8 Å². The SMILES string of the molecule is CCC(CC)N(CC(C)C)c1nc(NN)c(Cl)cc1Cl. The van der Waals surface area contributed by atoms with Crippen LogP contribution in [0.25, 0.3) is 0 Å². The van der Waals surface area contributed by atoms with E-state index in [1.54, 1.807) is 6.07 Å². The number of hydrazine groups is 1. The van der Waals surface area contributed by atoms with Gasteiger partial charge >= 0.3 is 0 Å². The first-order chi connectivity index (χ1) is 9.44. The number of nitrogens with two attached hydrogens (primary N) is 1. The van der Waals surface area contributed by atoms with E-state index in [4.69, 9.17) is 29.0 Å². The lowest BCUT2D eigenvalue weighted by molar-refractivity contribution is 0.503. The van der Waals surface area contributed by atoms with Crippen molar-refractivity contribution in [3.05, 3.63) is 16.1 Å². The molecule has 1 aromatic heterocycles. The van der Waals surface area contributed by atoms with E-state index in [1.807, 2.05) is 0 Å². The summed E-state index contributed by atoms with van der Waals surface area (Å²) in [6.07, 6.45) is 2.07. The predicted molar refractivity (Wildman–Crippen MR) is 88.6 cm³/mol. The maximum Gasteiger partial charge on any atom is 0.161 e. The smallest absolute Gasteiger partial charge is 0.161 e. The summed E-state index contributed by atoms with van der Waals surface area (Å²) >= 11 is 12.4. The van der Waals surface area contributed by atoms with Crippen LogP contribution in [-0.2, 0) is 0 Å². The number of nitrogens with one attached hydrogen (secondary N) is 1. The average molecular weight is 319 g/mol. The lowest BCUT2D eigenvalue weighted by Crippen LogP contribution is -2.38. The quantitative estimate of drug-likeness (QED) is 0.580. The molecule has 0 spiro atoms. The Balaban J connectivity index is 3.25. The van der Waals surface area contributed by atoms with E-state index >= 15 is 0 Å². The van der Waals surface area contributed by atoms with Gasteiger partial charge in [0.15, 0.2) is 5.82 Å². The van der Waals surface area contributed by atoms with Crippen LogP contribution in [0, 0.1) is 5.92 Å². The van der Waals surface area contributed by atoms with Crippen molar-refractivity contribution in [1.82, 2.24) is 4.98 Å². The van der Waals surface area contributed by atoms with Crippen LogP contribution in [0.2, 0.25) is 10.0 Å². The number of nitrogens with zero attached hydrogens (tertiary/aromatic N) is 2. The molecule has 0 atom stereocenters. The van der Waals surface area contributed by atoms with Crippen LogP contribution >= 0.6 is 23.2 Å². The first-order valence-corrected chi connectivity index (χ1v) is 7.79. The maximum atomic E-state index is 6.34. The summed E-state index contributed by atoms with van der Waals surface area (Å²) < 4.78 is 0. The fraction of sp³-hybridized carbons (Fsp3) is 0.643. The predicted octanol–water partition coefficient (Wildman–Crippen LogP) is 4.33. The molecule has 4 nitrogen and oxygen atoms in total. The number of halogens is 2. The molecule has 0 aromatic carbocycles. The Morgan fingerprint density at radius 3 is 2.30 bits per heavy atom. The number of aromatic nitrogens is 1. The zero-order valence-electron chi connectivity index (χ0n) is 12.6. The lowest BCUT2D eigenvalue weighted by Gasteiger charge is -2.34. The summed E-state index contributed by atoms with van der Waals surface area (Å²) in [5.74, 6) is 7.16. The molecule has 0 aliphatic carbocycles. The van der Waals surface area contributed by atoms with Crippen LogP contribution in [0.15, 0.2) is 6.07 Å². The zero-order chi connectivity index (χ0) is 15.3. The number of pyridine rings is 1. The molecule has 3 N–H and O–H groups in total. The molecule has 0 amide bonds. The Morgan fingerprint density at radius 2 is 1.85 bits per heavy atom. The van der Waals surface area contributed by atoms with Crippen LogP contribution in [0.3, 0.4) is 0 Å². The van der Waals surface area contributed by atoms with Gasteiger partial charge in [-0.05, 0) is 24.8 Å². The molecule has 1 aromatic rings. The first kappa shape index (κ1) is 17.3. The topological polar surface area (TPSA) is 54.2 Å². The Labute approximate surface area is 131 Å². The largest absolute Gasteiger partial charge is 0.352 e. The minimum absolute atomic E-state index is 0.397. The van der Waals surface area contributed by atoms with Crippen LogP contribution in [0.1, 0.15) is 40.5 Å². The molecule has 0 fully saturated rings. The molecule has 0 saturated heterocycles. The summed E-state index contributed by atoms with van der Waals surface area (Å²) in [5.41, 5.74) is 2.52. The molecule has 114 valence electrons. The normalized spacial score (nSPS) is 11.2. The van der Waals surface area contributed by atoms with Gasteiger partial charge in [-0.15, -0.1) is 0 Å². The van der Waals surface area contributed by atoms with Crippen molar-refractivity contribution in [1.29, 1.82) is 0 Å². The third-order valence-corrected chi connectivity index (χ3v) is 3.83. The van der Waals surface area contributed by atoms with Gasteiger partial charge in [0, 0.05) is 12.6 Å². The minimum Gasteiger partial charge on any atom is -0.352 e. The Morgan fingerprint density at radius 1 is 1.25 bits per heavy atom. The van der Waals surface area contributed by atoms with E-state index in [2.05, 4.69) is 43.0 Å². The van der Waals surface area contributed by atoms with Gasteiger partial charge in [-0.3, -0.25) is 0 Å². The molecule has 0 aliphatic rings. The third-order valence-electron chi connectivity index (χ3n) is 3.26. The highest BCUT2D eigenvalue weighted by atomic mass is 35.5. The monoisotopic (exact) mass is 318 g/mol. The molecule has 1 rings (SSSR count). The van der Waals surface area contributed by atoms with E-state index < -0.39 is 0 Å². The van der Waals surface area contributed by atoms with E-state index in [-0.39, 0.29) is 0 Å². The van der Waals surface area contributed by atoms with Crippen LogP contribution in [0.5, 0.6) is 0 Å². The van der Waals surface area contributed by atoms with Crippen LogP contribution in [0.4, 0.5) is 11.6 Å². The molecule has 20 heavy (non-hydrogen) atoms. The summed E-state index contributed by atoms with van der Waals surface area (Å²) in [7, 11) is 0. The first-order valence-electron chi connectivity index (χ1n) is 7.03. The van der Waals surface area contributed by atoms with E-state index in [9.17, 15) is 0 Å². The van der Waals surface area contributed by atoms with Gasteiger partial charge in [0.25, 0.3) is 0 Å². The Bertz CT molecular complexity index is 433. The van der Waals surface area contributed by atoms with E-state index in [0.29, 0.717) is 27.8 Å². The Hall–Kier alpha value is -0.710. The van der Waals surface area contributed by atoms with Gasteiger partial charge in [0.1, 0.15) is 5.82 Å². The van der Waals surface area contributed by atoms with Gasteiger partial charge in [-0.2, -0.15) is 0 Å². The summed E-state index contributed by atoms with van der Waals surface area (Å²) in [6, 6.07) is 2.09. The van der Waals surface area contributed by atoms with Crippen molar-refractivity contribution in [2.24, 2.45) is 11.8 Å². The second-order valence-electron chi connectivity index (χ2n) is 5.29. The second kappa shape index (κ2) is 7.91. The second-order valence-corrected chi connectivity index (χ2v) is 6.10. The highest BCUT2D eigenvalue weighted by molar-refractivity contribution is 6.37. The summed E-state index contributed by atoms with van der Waals surface area (Å²) in [4.78, 5) is 6.74. The number of hydrogen-bond donors (Lipinski definition) is 2. The number of anilines is 2. The van der Waals surface area contributed by atoms with Crippen molar-refractivity contribution in [2.75, 3.05) is 16.9 Å². The van der Waals surface area contributed by atoms with E-state index in [1.165, 1.54) is 0 Å². The molecule has 0 radical (unpaired) electrons. The maximum absolute atomic E-state index is 6.34. The molecule has 0 bridgehead atoms. The molecule has 1 heterocycles. The van der Waals surface area contributed by atoms with Gasteiger partial charge in [0.05, 0.1) is 10.0 Å². The molecular weight excluding hydrogens is 295 g/mol. The average Bonchev–Trinajstić information content (AvgIpc) is 2.39. The molecule has 0 saturated carbocycles. The van der Waals surface area contributed by atoms with Crippen molar-refractivity contribution in [3.8, 4) is 0 Å². The van der Waals surface area contributed by atoms with Crippen molar-refractivity contribution < 1.29 is 0 Å². The van der Waals surface area contributed by atoms with Gasteiger partial charge in [-0.25, -0.2) is 10.8 Å². The fourth-order valence-corrected chi connectivity index (χ4v) is 2.81. The highest BCUT2D eigenvalue weighted by Crippen LogP contribution is 2.33. The van der Waals surface area contributed by atoms with Gasteiger partial charge in [0.2, 0.25) is 0 Å². The number of nitrogen functional groups attached to an aromatic ring is 1. The fourth-order valence-electron chi connectivity index (χ4n) is 2.29. The molecule has 6 heteroatoms.